The highest BCUT2D eigenvalue weighted by Crippen LogP contribution is 2.54. The van der Waals surface area contributed by atoms with E-state index < -0.39 is 11.9 Å². The van der Waals surface area contributed by atoms with Gasteiger partial charge in [-0.25, -0.2) is 4.39 Å². The summed E-state index contributed by atoms with van der Waals surface area (Å²) in [6, 6.07) is 14.8. The lowest BCUT2D eigenvalue weighted by Crippen LogP contribution is -2.53. The maximum atomic E-state index is 16.6. The van der Waals surface area contributed by atoms with E-state index in [2.05, 4.69) is 53.3 Å². The fraction of sp³-hybridized carbons (Fsp3) is 0.490. The van der Waals surface area contributed by atoms with Gasteiger partial charge in [0.05, 0.1) is 12.0 Å². The number of carbonyl (C=O) groups excluding carboxylic acids is 3. The van der Waals surface area contributed by atoms with E-state index in [0.29, 0.717) is 47.3 Å². The second kappa shape index (κ2) is 16.7. The minimum absolute atomic E-state index is 0.0409. The van der Waals surface area contributed by atoms with Gasteiger partial charge in [-0.2, -0.15) is 9.97 Å². The molecule has 2 aliphatic carbocycles. The molecule has 344 valence electrons. The van der Waals surface area contributed by atoms with Crippen molar-refractivity contribution < 1.29 is 28.6 Å². The number of likely N-dealkylation sites (tertiary alicyclic amines) is 1. The van der Waals surface area contributed by atoms with E-state index in [9.17, 15) is 19.5 Å². The highest BCUT2D eigenvalue weighted by molar-refractivity contribution is 6.06. The Bertz CT molecular complexity index is 2760. The predicted molar refractivity (Wildman–Crippen MR) is 250 cm³/mol. The van der Waals surface area contributed by atoms with Crippen molar-refractivity contribution in [3.63, 3.8) is 0 Å². The van der Waals surface area contributed by atoms with Gasteiger partial charge in [0.15, 0.2) is 5.82 Å². The van der Waals surface area contributed by atoms with E-state index in [1.165, 1.54) is 25.7 Å². The standard InChI is InChI=1S/C51H58FN9O5/c1-3-32-5-4-6-33-22-36(62)23-38(42(32)33)44-43(52)45-39(26-54-44)46(53-2)57-49(56-45)66-30-51(11-12-51)29-59-15-13-50(14-16-59)24-31(25-50)27-58-17-19-60(20-18-58)35-7-8-37-34(21-35)28-61(48(37)65)40-9-10-41(63)55-47(40)64/h4-8,21-23,26,31,40,62H,3,9-20,24-25,27-30H2,1-2H3,(H,53,56,57)(H,55,63,64)/t40-/m0/s1. The number of piperazine rings is 1. The molecule has 11 rings (SSSR count). The Labute approximate surface area is 383 Å². The van der Waals surface area contributed by atoms with Gasteiger partial charge < -0.3 is 29.9 Å². The molecule has 0 bridgehead atoms. The first kappa shape index (κ1) is 42.7. The summed E-state index contributed by atoms with van der Waals surface area (Å²) in [5.74, 6) is -0.120. The van der Waals surface area contributed by atoms with Gasteiger partial charge >= 0.3 is 6.01 Å². The zero-order valence-corrected chi connectivity index (χ0v) is 37.9. The van der Waals surface area contributed by atoms with E-state index in [-0.39, 0.29) is 52.5 Å². The Morgan fingerprint density at radius 1 is 0.939 bits per heavy atom. The summed E-state index contributed by atoms with van der Waals surface area (Å²) >= 11 is 0. The highest BCUT2D eigenvalue weighted by atomic mass is 19.1. The Hall–Kier alpha value is -5.93. The quantitative estimate of drug-likeness (QED) is 0.117. The summed E-state index contributed by atoms with van der Waals surface area (Å²) in [6.45, 7) is 11.2. The average molecular weight is 896 g/mol. The maximum Gasteiger partial charge on any atom is 0.319 e. The number of hydrogen-bond acceptors (Lipinski definition) is 12. The van der Waals surface area contributed by atoms with E-state index in [1.807, 2.05) is 30.3 Å². The summed E-state index contributed by atoms with van der Waals surface area (Å²) in [5, 5.41) is 18.2. The molecule has 5 fully saturated rings. The largest absolute Gasteiger partial charge is 0.508 e. The second-order valence-corrected chi connectivity index (χ2v) is 20.0. The fourth-order valence-corrected chi connectivity index (χ4v) is 11.9. The molecule has 66 heavy (non-hydrogen) atoms. The van der Waals surface area contributed by atoms with Crippen LogP contribution in [0.1, 0.15) is 79.8 Å². The number of ether oxygens (including phenoxy) is 1. The van der Waals surface area contributed by atoms with Gasteiger partial charge in [-0.3, -0.25) is 29.6 Å². The molecule has 15 heteroatoms. The third kappa shape index (κ3) is 7.87. The lowest BCUT2D eigenvalue weighted by molar-refractivity contribution is -0.136. The molecule has 0 radical (unpaired) electrons. The number of rotatable bonds is 12. The number of aryl methyl sites for hydroxylation is 1. The number of pyridine rings is 1. The number of hydrogen-bond donors (Lipinski definition) is 3. The number of piperidine rings is 2. The molecule has 3 saturated heterocycles. The zero-order valence-electron chi connectivity index (χ0n) is 37.9. The first-order valence-corrected chi connectivity index (χ1v) is 23.9. The molecule has 14 nitrogen and oxygen atoms in total. The third-order valence-corrected chi connectivity index (χ3v) is 15.7. The van der Waals surface area contributed by atoms with Crippen LogP contribution in [0, 0.1) is 22.6 Å². The topological polar surface area (TPSA) is 156 Å². The van der Waals surface area contributed by atoms with Gasteiger partial charge in [0.25, 0.3) is 5.91 Å². The third-order valence-electron chi connectivity index (χ3n) is 15.7. The number of anilines is 2. The smallest absolute Gasteiger partial charge is 0.319 e. The summed E-state index contributed by atoms with van der Waals surface area (Å²) in [6.07, 6.45) is 10.2. The number of nitrogens with one attached hydrogen (secondary N) is 2. The fourth-order valence-electron chi connectivity index (χ4n) is 11.9. The predicted octanol–water partition coefficient (Wildman–Crippen LogP) is 6.53. The van der Waals surface area contributed by atoms with Crippen LogP contribution in [0.2, 0.25) is 0 Å². The molecule has 6 aliphatic rings. The van der Waals surface area contributed by atoms with Crippen LogP contribution in [-0.2, 0) is 22.6 Å². The van der Waals surface area contributed by atoms with Crippen LogP contribution >= 0.6 is 0 Å². The molecule has 3 aromatic carbocycles. The first-order chi connectivity index (χ1) is 32.0. The minimum Gasteiger partial charge on any atom is -0.508 e. The molecule has 4 aliphatic heterocycles. The first-order valence-electron chi connectivity index (χ1n) is 23.9. The van der Waals surface area contributed by atoms with Crippen LogP contribution in [0.15, 0.2) is 54.7 Å². The van der Waals surface area contributed by atoms with Crippen LogP contribution in [-0.4, -0.2) is 125 Å². The maximum absolute atomic E-state index is 16.6. The number of halogens is 1. The molecule has 3 N–H and O–H groups in total. The Kier molecular flexibility index (Phi) is 10.8. The number of aromatic hydroxyl groups is 1. The van der Waals surface area contributed by atoms with Crippen LogP contribution in [0.25, 0.3) is 32.9 Å². The van der Waals surface area contributed by atoms with E-state index in [1.54, 1.807) is 30.3 Å². The molecule has 5 aromatic rings. The number of carbonyl (C=O) groups is 3. The Morgan fingerprint density at radius 3 is 2.48 bits per heavy atom. The SMILES string of the molecule is CCc1cccc2cc(O)cc(-c3ncc4c(NC)nc(OCC5(CN6CCC7(CC6)CC(CN6CCN(c8ccc9c(c8)CN([C@H]8CCC(=O)NC8=O)C9=O)CC6)C7)CC5)nc4c3F)c12. The lowest BCUT2D eigenvalue weighted by Gasteiger charge is -2.54. The number of nitrogens with zero attached hydrogens (tertiary/aromatic N) is 7. The highest BCUT2D eigenvalue weighted by Gasteiger charge is 2.49. The van der Waals surface area contributed by atoms with Crippen LogP contribution in [0.3, 0.4) is 0 Å². The number of benzene rings is 3. The van der Waals surface area contributed by atoms with Crippen molar-refractivity contribution in [2.45, 2.75) is 77.3 Å². The zero-order chi connectivity index (χ0) is 45.3. The summed E-state index contributed by atoms with van der Waals surface area (Å²) < 4.78 is 22.9. The van der Waals surface area contributed by atoms with Gasteiger partial charge in [-0.15, -0.1) is 0 Å². The van der Waals surface area contributed by atoms with Crippen molar-refractivity contribution in [1.29, 1.82) is 0 Å². The normalized spacial score (nSPS) is 21.9. The summed E-state index contributed by atoms with van der Waals surface area (Å²) in [4.78, 5) is 60.4. The molecule has 2 aromatic heterocycles. The minimum atomic E-state index is -0.598. The molecule has 1 atom stereocenters. The second-order valence-electron chi connectivity index (χ2n) is 20.0. The van der Waals surface area contributed by atoms with Crippen molar-refractivity contribution in [2.24, 2.45) is 16.7 Å². The summed E-state index contributed by atoms with van der Waals surface area (Å²) in [7, 11) is 1.75. The molecular formula is C51H58FN9O5. The number of phenols is 1. The van der Waals surface area contributed by atoms with Crippen LogP contribution in [0.4, 0.5) is 15.9 Å². The monoisotopic (exact) mass is 895 g/mol. The number of imide groups is 1. The van der Waals surface area contributed by atoms with E-state index in [0.717, 1.165) is 105 Å². The van der Waals surface area contributed by atoms with E-state index in [4.69, 9.17) is 4.74 Å². The molecule has 3 amide bonds. The van der Waals surface area contributed by atoms with Crippen molar-refractivity contribution in [2.75, 3.05) is 76.2 Å². The Balaban J connectivity index is 0.658. The van der Waals surface area contributed by atoms with Crippen molar-refractivity contribution in [3.05, 3.63) is 77.2 Å². The van der Waals surface area contributed by atoms with Gasteiger partial charge in [0, 0.05) is 87.7 Å². The molecular weight excluding hydrogens is 838 g/mol. The van der Waals surface area contributed by atoms with Crippen LogP contribution in [0.5, 0.6) is 11.8 Å². The molecule has 0 unspecified atom stereocenters. The van der Waals surface area contributed by atoms with Gasteiger partial charge in [-0.1, -0.05) is 25.1 Å². The number of amides is 3. The molecule has 6 heterocycles. The van der Waals surface area contributed by atoms with Crippen LogP contribution < -0.4 is 20.3 Å². The number of aromatic nitrogens is 3. The number of fused-ring (bicyclic) bond motifs is 3. The van der Waals surface area contributed by atoms with Crippen molar-refractivity contribution in [3.8, 4) is 23.0 Å². The van der Waals surface area contributed by atoms with E-state index >= 15 is 4.39 Å². The van der Waals surface area contributed by atoms with Crippen molar-refractivity contribution >= 4 is 50.9 Å². The Morgan fingerprint density at radius 2 is 1.74 bits per heavy atom. The molecule has 2 saturated carbocycles. The van der Waals surface area contributed by atoms with Gasteiger partial charge in [0.1, 0.15) is 28.8 Å². The average Bonchev–Trinajstić information content (AvgIpc) is 4.00. The summed E-state index contributed by atoms with van der Waals surface area (Å²) in [5.41, 5.74) is 5.06. The lowest BCUT2D eigenvalue weighted by atomic mass is 9.57. The van der Waals surface area contributed by atoms with Gasteiger partial charge in [0.2, 0.25) is 11.8 Å². The molecule has 1 spiro atoms. The van der Waals surface area contributed by atoms with Gasteiger partial charge in [-0.05, 0) is 128 Å². The van der Waals surface area contributed by atoms with Crippen molar-refractivity contribution in [1.82, 2.24) is 35.0 Å². The number of phenolic OH excluding ortho intramolecular Hbond substituents is 1.